The number of aliphatic hydroxyl groups excluding tert-OH is 1. The molecular weight excluding hydrogens is 216 g/mol. The summed E-state index contributed by atoms with van der Waals surface area (Å²) in [4.78, 5) is 6.58. The predicted octanol–water partition coefficient (Wildman–Crippen LogP) is 2.03. The average molecular weight is 232 g/mol. The van der Waals surface area contributed by atoms with Gasteiger partial charge < -0.3 is 14.4 Å². The van der Waals surface area contributed by atoms with Crippen molar-refractivity contribution in [2.75, 3.05) is 18.0 Å². The lowest BCUT2D eigenvalue weighted by Crippen LogP contribution is -2.42. The van der Waals surface area contributed by atoms with Crippen LogP contribution in [0.15, 0.2) is 28.7 Å². The molecule has 4 heteroatoms. The fourth-order valence-electron chi connectivity index (χ4n) is 2.30. The van der Waals surface area contributed by atoms with Gasteiger partial charge in [0.2, 0.25) is 0 Å². The number of anilines is 1. The molecule has 0 radical (unpaired) electrons. The van der Waals surface area contributed by atoms with Gasteiger partial charge in [0.15, 0.2) is 5.58 Å². The van der Waals surface area contributed by atoms with E-state index in [0.29, 0.717) is 6.01 Å². The number of aromatic nitrogens is 1. The third-order valence-electron chi connectivity index (χ3n) is 3.41. The van der Waals surface area contributed by atoms with Crippen molar-refractivity contribution < 1.29 is 9.52 Å². The number of oxazole rings is 1. The van der Waals surface area contributed by atoms with Crippen molar-refractivity contribution in [2.24, 2.45) is 5.92 Å². The Labute approximate surface area is 99.9 Å². The van der Waals surface area contributed by atoms with E-state index in [1.807, 2.05) is 24.3 Å². The van der Waals surface area contributed by atoms with E-state index in [1.165, 1.54) is 0 Å². The van der Waals surface area contributed by atoms with Gasteiger partial charge >= 0.3 is 0 Å². The van der Waals surface area contributed by atoms with Gasteiger partial charge in [0.05, 0.1) is 6.10 Å². The molecule has 1 aromatic heterocycles. The van der Waals surface area contributed by atoms with Crippen LogP contribution in [0, 0.1) is 5.92 Å². The molecule has 0 saturated carbocycles. The molecule has 4 nitrogen and oxygen atoms in total. The van der Waals surface area contributed by atoms with Gasteiger partial charge in [-0.25, -0.2) is 0 Å². The summed E-state index contributed by atoms with van der Waals surface area (Å²) < 4.78 is 5.72. The van der Waals surface area contributed by atoms with Crippen molar-refractivity contribution >= 4 is 17.1 Å². The molecule has 1 fully saturated rings. The zero-order valence-electron chi connectivity index (χ0n) is 9.84. The van der Waals surface area contributed by atoms with Crippen LogP contribution in [-0.2, 0) is 0 Å². The number of aliphatic hydroxyl groups is 1. The lowest BCUT2D eigenvalue weighted by molar-refractivity contribution is 0.0957. The summed E-state index contributed by atoms with van der Waals surface area (Å²) in [5.41, 5.74) is 1.71. The molecule has 3 rings (SSSR count). The maximum absolute atomic E-state index is 9.70. The molecule has 17 heavy (non-hydrogen) atoms. The third-order valence-corrected chi connectivity index (χ3v) is 3.41. The first-order chi connectivity index (χ1) is 8.24. The van der Waals surface area contributed by atoms with E-state index in [9.17, 15) is 5.11 Å². The second-order valence-electron chi connectivity index (χ2n) is 4.74. The number of para-hydroxylation sites is 2. The molecule has 2 heterocycles. The summed E-state index contributed by atoms with van der Waals surface area (Å²) in [5.74, 6) is 0.263. The van der Waals surface area contributed by atoms with Gasteiger partial charge in [0.1, 0.15) is 5.52 Å². The molecule has 1 saturated heterocycles. The van der Waals surface area contributed by atoms with Gasteiger partial charge in [0.25, 0.3) is 6.01 Å². The van der Waals surface area contributed by atoms with Crippen molar-refractivity contribution in [1.29, 1.82) is 0 Å². The van der Waals surface area contributed by atoms with Crippen molar-refractivity contribution in [3.8, 4) is 0 Å². The van der Waals surface area contributed by atoms with E-state index >= 15 is 0 Å². The summed E-state index contributed by atoms with van der Waals surface area (Å²) in [6.45, 7) is 3.66. The maximum Gasteiger partial charge on any atom is 0.298 e. The molecule has 1 aliphatic heterocycles. The Balaban J connectivity index is 1.88. The average Bonchev–Trinajstić information content (AvgIpc) is 2.76. The molecule has 0 spiro atoms. The van der Waals surface area contributed by atoms with Gasteiger partial charge in [-0.15, -0.1) is 0 Å². The number of piperidine rings is 1. The summed E-state index contributed by atoms with van der Waals surface area (Å²) in [6.07, 6.45) is 0.579. The number of hydrogen-bond acceptors (Lipinski definition) is 4. The van der Waals surface area contributed by atoms with Crippen LogP contribution in [0.2, 0.25) is 0 Å². The summed E-state index contributed by atoms with van der Waals surface area (Å²) >= 11 is 0. The quantitative estimate of drug-likeness (QED) is 0.817. The van der Waals surface area contributed by atoms with Gasteiger partial charge in [0, 0.05) is 13.1 Å². The number of benzene rings is 1. The largest absolute Gasteiger partial charge is 0.423 e. The maximum atomic E-state index is 9.70. The van der Waals surface area contributed by atoms with Crippen molar-refractivity contribution in [2.45, 2.75) is 19.4 Å². The zero-order valence-corrected chi connectivity index (χ0v) is 9.84. The standard InChI is InChI=1S/C13H16N2O2/c1-9-8-15(7-6-11(9)16)13-14-10-4-2-3-5-12(10)17-13/h2-5,9,11,16H,6-8H2,1H3. The monoisotopic (exact) mass is 232 g/mol. The molecular formula is C13H16N2O2. The lowest BCUT2D eigenvalue weighted by Gasteiger charge is -2.33. The SMILES string of the molecule is CC1CN(c2nc3ccccc3o2)CCC1O. The highest BCUT2D eigenvalue weighted by molar-refractivity contribution is 5.74. The second-order valence-corrected chi connectivity index (χ2v) is 4.74. The number of fused-ring (bicyclic) bond motifs is 1. The van der Waals surface area contributed by atoms with Crippen LogP contribution in [0.1, 0.15) is 13.3 Å². The van der Waals surface area contributed by atoms with E-state index in [-0.39, 0.29) is 12.0 Å². The summed E-state index contributed by atoms with van der Waals surface area (Å²) in [5, 5.41) is 9.70. The first-order valence-electron chi connectivity index (χ1n) is 6.02. The summed E-state index contributed by atoms with van der Waals surface area (Å²) in [7, 11) is 0. The smallest absolute Gasteiger partial charge is 0.298 e. The predicted molar refractivity (Wildman–Crippen MR) is 66.0 cm³/mol. The molecule has 90 valence electrons. The van der Waals surface area contributed by atoms with Crippen LogP contribution in [0.25, 0.3) is 11.1 Å². The Hall–Kier alpha value is -1.55. The van der Waals surface area contributed by atoms with Crippen LogP contribution in [-0.4, -0.2) is 29.3 Å². The minimum absolute atomic E-state index is 0.198. The van der Waals surface area contributed by atoms with E-state index in [4.69, 9.17) is 4.42 Å². The molecule has 1 aliphatic rings. The Bertz CT molecular complexity index is 490. The van der Waals surface area contributed by atoms with Crippen molar-refractivity contribution in [3.05, 3.63) is 24.3 Å². The van der Waals surface area contributed by atoms with E-state index in [2.05, 4.69) is 16.8 Å². The Kier molecular flexibility index (Phi) is 2.52. The first kappa shape index (κ1) is 10.6. The molecule has 0 bridgehead atoms. The molecule has 1 N–H and O–H groups in total. The number of rotatable bonds is 1. The molecule has 2 unspecified atom stereocenters. The van der Waals surface area contributed by atoms with Crippen LogP contribution in [0.5, 0.6) is 0 Å². The molecule has 0 amide bonds. The topological polar surface area (TPSA) is 49.5 Å². The van der Waals surface area contributed by atoms with Gasteiger partial charge in [-0.05, 0) is 24.5 Å². The lowest BCUT2D eigenvalue weighted by atomic mass is 9.97. The van der Waals surface area contributed by atoms with E-state index in [1.54, 1.807) is 0 Å². The van der Waals surface area contributed by atoms with Gasteiger partial charge in [-0.1, -0.05) is 19.1 Å². The molecule has 2 aromatic rings. The van der Waals surface area contributed by atoms with Gasteiger partial charge in [-0.2, -0.15) is 4.98 Å². The van der Waals surface area contributed by atoms with Crippen molar-refractivity contribution in [1.82, 2.24) is 4.98 Å². The minimum atomic E-state index is -0.198. The van der Waals surface area contributed by atoms with Crippen LogP contribution < -0.4 is 4.90 Å². The highest BCUT2D eigenvalue weighted by Gasteiger charge is 2.26. The Morgan fingerprint density at radius 3 is 3.00 bits per heavy atom. The Morgan fingerprint density at radius 1 is 1.41 bits per heavy atom. The highest BCUT2D eigenvalue weighted by atomic mass is 16.4. The van der Waals surface area contributed by atoms with Crippen LogP contribution in [0.4, 0.5) is 6.01 Å². The zero-order chi connectivity index (χ0) is 11.8. The van der Waals surface area contributed by atoms with Crippen LogP contribution in [0.3, 0.4) is 0 Å². The first-order valence-corrected chi connectivity index (χ1v) is 6.02. The fraction of sp³-hybridized carbons (Fsp3) is 0.462. The number of hydrogen-bond donors (Lipinski definition) is 1. The Morgan fingerprint density at radius 2 is 2.24 bits per heavy atom. The number of nitrogens with zero attached hydrogens (tertiary/aromatic N) is 2. The highest BCUT2D eigenvalue weighted by Crippen LogP contribution is 2.26. The van der Waals surface area contributed by atoms with Crippen LogP contribution >= 0.6 is 0 Å². The van der Waals surface area contributed by atoms with E-state index < -0.39 is 0 Å². The van der Waals surface area contributed by atoms with E-state index in [0.717, 1.165) is 30.6 Å². The second kappa shape index (κ2) is 4.04. The van der Waals surface area contributed by atoms with Crippen molar-refractivity contribution in [3.63, 3.8) is 0 Å². The minimum Gasteiger partial charge on any atom is -0.423 e. The normalized spacial score (nSPS) is 25.4. The fourth-order valence-corrected chi connectivity index (χ4v) is 2.30. The summed E-state index contributed by atoms with van der Waals surface area (Å²) in [6, 6.07) is 8.44. The molecule has 0 aliphatic carbocycles. The molecule has 2 atom stereocenters. The molecule has 1 aromatic carbocycles. The third kappa shape index (κ3) is 1.89. The van der Waals surface area contributed by atoms with Gasteiger partial charge in [-0.3, -0.25) is 0 Å².